The number of aliphatic carboxylic acids is 1. The topological polar surface area (TPSA) is 86.2 Å². The highest BCUT2D eigenvalue weighted by molar-refractivity contribution is 5.85. The second kappa shape index (κ2) is 10.3. The quantitative estimate of drug-likeness (QED) is 0.812. The minimum Gasteiger partial charge on any atom is -0.481 e. The SMILES string of the molecule is Cl.O=C(O)CCOC1CCN(C(=O)N2CCN(c3ccncc3)CC2)CC1. The molecule has 2 amide bonds. The number of amides is 2. The van der Waals surface area contributed by atoms with Gasteiger partial charge in [-0.05, 0) is 25.0 Å². The second-order valence-corrected chi connectivity index (χ2v) is 6.66. The molecule has 8 nitrogen and oxygen atoms in total. The largest absolute Gasteiger partial charge is 0.481 e. The second-order valence-electron chi connectivity index (χ2n) is 6.66. The molecule has 150 valence electrons. The standard InChI is InChI=1S/C18H26N4O4.ClH/c23-17(24)5-14-26-16-3-8-21(9-4-16)18(25)22-12-10-20(11-13-22)15-1-6-19-7-2-15;/h1-2,6-7,16H,3-5,8-14H2,(H,23,24);1H. The van der Waals surface area contributed by atoms with Gasteiger partial charge in [0.05, 0.1) is 19.1 Å². The van der Waals surface area contributed by atoms with E-state index in [1.165, 1.54) is 0 Å². The summed E-state index contributed by atoms with van der Waals surface area (Å²) in [6, 6.07) is 4.09. The predicted molar refractivity (Wildman–Crippen MR) is 103 cm³/mol. The van der Waals surface area contributed by atoms with Crippen LogP contribution >= 0.6 is 12.4 Å². The molecule has 9 heteroatoms. The number of carboxylic acid groups (broad SMARTS) is 1. The highest BCUT2D eigenvalue weighted by atomic mass is 35.5. The van der Waals surface area contributed by atoms with Crippen molar-refractivity contribution in [2.24, 2.45) is 0 Å². The first-order chi connectivity index (χ1) is 12.6. The smallest absolute Gasteiger partial charge is 0.320 e. The molecule has 3 rings (SSSR count). The Labute approximate surface area is 165 Å². The number of carboxylic acids is 1. The first-order valence-corrected chi connectivity index (χ1v) is 9.15. The molecular weight excluding hydrogens is 372 g/mol. The molecule has 0 aromatic carbocycles. The first kappa shape index (κ1) is 21.2. The van der Waals surface area contributed by atoms with E-state index in [0.29, 0.717) is 13.1 Å². The number of urea groups is 1. The molecule has 0 spiro atoms. The van der Waals surface area contributed by atoms with Gasteiger partial charge in [-0.2, -0.15) is 0 Å². The highest BCUT2D eigenvalue weighted by Crippen LogP contribution is 2.18. The average Bonchev–Trinajstić information content (AvgIpc) is 2.68. The molecule has 0 saturated carbocycles. The lowest BCUT2D eigenvalue weighted by Crippen LogP contribution is -2.54. The van der Waals surface area contributed by atoms with Gasteiger partial charge in [0.25, 0.3) is 0 Å². The van der Waals surface area contributed by atoms with Crippen LogP contribution < -0.4 is 4.90 Å². The number of piperazine rings is 1. The van der Waals surface area contributed by atoms with E-state index >= 15 is 0 Å². The van der Waals surface area contributed by atoms with Gasteiger partial charge in [-0.25, -0.2) is 4.79 Å². The molecule has 1 aromatic heterocycles. The molecule has 0 bridgehead atoms. The van der Waals surface area contributed by atoms with Crippen LogP contribution in [-0.4, -0.2) is 83.9 Å². The van der Waals surface area contributed by atoms with Gasteiger partial charge in [0.1, 0.15) is 0 Å². The number of ether oxygens (including phenoxy) is 1. The number of carbonyl (C=O) groups excluding carboxylic acids is 1. The zero-order valence-corrected chi connectivity index (χ0v) is 16.1. The summed E-state index contributed by atoms with van der Waals surface area (Å²) >= 11 is 0. The Morgan fingerprint density at radius 1 is 1.04 bits per heavy atom. The molecule has 1 N–H and O–H groups in total. The molecule has 3 heterocycles. The number of rotatable bonds is 5. The molecule has 1 aromatic rings. The number of hydrogen-bond donors (Lipinski definition) is 1. The van der Waals surface area contributed by atoms with E-state index in [-0.39, 0.29) is 37.6 Å². The van der Waals surface area contributed by atoms with Crippen LogP contribution in [0.4, 0.5) is 10.5 Å². The minimum absolute atomic E-state index is 0. The summed E-state index contributed by atoms with van der Waals surface area (Å²) < 4.78 is 5.59. The molecule has 2 aliphatic rings. The van der Waals surface area contributed by atoms with Gasteiger partial charge in [-0.3, -0.25) is 9.78 Å². The van der Waals surface area contributed by atoms with Gasteiger partial charge in [-0.15, -0.1) is 12.4 Å². The summed E-state index contributed by atoms with van der Waals surface area (Å²) in [7, 11) is 0. The molecule has 27 heavy (non-hydrogen) atoms. The number of aromatic nitrogens is 1. The minimum atomic E-state index is -0.844. The summed E-state index contributed by atoms with van der Waals surface area (Å²) in [6.45, 7) is 4.66. The average molecular weight is 399 g/mol. The van der Waals surface area contributed by atoms with E-state index in [2.05, 4.69) is 9.88 Å². The summed E-state index contributed by atoms with van der Waals surface area (Å²) in [5.41, 5.74) is 1.14. The van der Waals surface area contributed by atoms with Crippen molar-refractivity contribution in [2.75, 3.05) is 50.8 Å². The Morgan fingerprint density at radius 2 is 1.63 bits per heavy atom. The van der Waals surface area contributed by atoms with Gasteiger partial charge >= 0.3 is 12.0 Å². The van der Waals surface area contributed by atoms with E-state index in [1.807, 2.05) is 21.9 Å². The van der Waals surface area contributed by atoms with Crippen molar-refractivity contribution in [3.63, 3.8) is 0 Å². The third-order valence-corrected chi connectivity index (χ3v) is 4.96. The first-order valence-electron chi connectivity index (χ1n) is 9.15. The number of nitrogens with zero attached hydrogens (tertiary/aromatic N) is 4. The Bertz CT molecular complexity index is 603. The number of anilines is 1. The van der Waals surface area contributed by atoms with E-state index in [4.69, 9.17) is 9.84 Å². The lowest BCUT2D eigenvalue weighted by molar-refractivity contribution is -0.138. The number of halogens is 1. The summed E-state index contributed by atoms with van der Waals surface area (Å²) in [6.07, 6.45) is 5.19. The van der Waals surface area contributed by atoms with Gasteiger partial charge in [0, 0.05) is 57.3 Å². The lowest BCUT2D eigenvalue weighted by Gasteiger charge is -2.40. The van der Waals surface area contributed by atoms with Crippen LogP contribution in [0.3, 0.4) is 0 Å². The molecule has 2 aliphatic heterocycles. The van der Waals surface area contributed by atoms with Crippen LogP contribution in [0.15, 0.2) is 24.5 Å². The Balaban J connectivity index is 0.00000261. The third-order valence-electron chi connectivity index (χ3n) is 4.96. The van der Waals surface area contributed by atoms with Crippen LogP contribution in [0.25, 0.3) is 0 Å². The van der Waals surface area contributed by atoms with Crippen molar-refractivity contribution in [3.05, 3.63) is 24.5 Å². The van der Waals surface area contributed by atoms with Gasteiger partial charge in [-0.1, -0.05) is 0 Å². The third kappa shape index (κ3) is 5.97. The van der Waals surface area contributed by atoms with Crippen LogP contribution in [0, 0.1) is 0 Å². The van der Waals surface area contributed by atoms with E-state index < -0.39 is 5.97 Å². The van der Waals surface area contributed by atoms with Crippen LogP contribution in [0.2, 0.25) is 0 Å². The van der Waals surface area contributed by atoms with Crippen molar-refractivity contribution in [3.8, 4) is 0 Å². The summed E-state index contributed by atoms with van der Waals surface area (Å²) in [4.78, 5) is 33.4. The summed E-state index contributed by atoms with van der Waals surface area (Å²) in [5, 5.41) is 8.65. The number of piperidine rings is 1. The zero-order valence-electron chi connectivity index (χ0n) is 15.3. The molecular formula is C18H27ClN4O4. The van der Waals surface area contributed by atoms with Crippen LogP contribution in [-0.2, 0) is 9.53 Å². The van der Waals surface area contributed by atoms with Gasteiger partial charge in [0.15, 0.2) is 0 Å². The van der Waals surface area contributed by atoms with E-state index in [1.54, 1.807) is 12.4 Å². The fourth-order valence-corrected chi connectivity index (χ4v) is 3.44. The van der Waals surface area contributed by atoms with Crippen molar-refractivity contribution >= 4 is 30.1 Å². The number of likely N-dealkylation sites (tertiary alicyclic amines) is 1. The maximum atomic E-state index is 12.7. The summed E-state index contributed by atoms with van der Waals surface area (Å²) in [5.74, 6) is -0.844. The number of hydrogen-bond acceptors (Lipinski definition) is 5. The van der Waals surface area contributed by atoms with Crippen LogP contribution in [0.5, 0.6) is 0 Å². The lowest BCUT2D eigenvalue weighted by atomic mass is 10.1. The molecule has 0 atom stereocenters. The predicted octanol–water partition coefficient (Wildman–Crippen LogP) is 1.70. The van der Waals surface area contributed by atoms with Crippen molar-refractivity contribution < 1.29 is 19.4 Å². The maximum Gasteiger partial charge on any atom is 0.320 e. The number of pyridine rings is 1. The zero-order chi connectivity index (χ0) is 18.4. The van der Waals surface area contributed by atoms with Gasteiger partial charge < -0.3 is 24.5 Å². The maximum absolute atomic E-state index is 12.7. The molecule has 0 unspecified atom stereocenters. The fraction of sp³-hybridized carbons (Fsp3) is 0.611. The monoisotopic (exact) mass is 398 g/mol. The molecule has 0 radical (unpaired) electrons. The van der Waals surface area contributed by atoms with Crippen molar-refractivity contribution in [1.29, 1.82) is 0 Å². The Kier molecular flexibility index (Phi) is 8.12. The molecule has 2 fully saturated rings. The van der Waals surface area contributed by atoms with E-state index in [0.717, 1.165) is 44.7 Å². The highest BCUT2D eigenvalue weighted by Gasteiger charge is 2.28. The van der Waals surface area contributed by atoms with Crippen molar-refractivity contribution in [2.45, 2.75) is 25.4 Å². The van der Waals surface area contributed by atoms with Crippen LogP contribution in [0.1, 0.15) is 19.3 Å². The number of carbonyl (C=O) groups is 2. The molecule has 2 saturated heterocycles. The van der Waals surface area contributed by atoms with Gasteiger partial charge in [0.2, 0.25) is 0 Å². The van der Waals surface area contributed by atoms with E-state index in [9.17, 15) is 9.59 Å². The Morgan fingerprint density at radius 3 is 2.22 bits per heavy atom. The fourth-order valence-electron chi connectivity index (χ4n) is 3.44. The Hall–Kier alpha value is -2.06. The normalized spacial score (nSPS) is 18.1. The van der Waals surface area contributed by atoms with Crippen molar-refractivity contribution in [1.82, 2.24) is 14.8 Å². The molecule has 0 aliphatic carbocycles.